The molecule has 294 valence electrons. The van der Waals surface area contributed by atoms with Crippen molar-refractivity contribution in [3.63, 3.8) is 0 Å². The van der Waals surface area contributed by atoms with Crippen molar-refractivity contribution < 1.29 is 44.8 Å². The summed E-state index contributed by atoms with van der Waals surface area (Å²) in [5.41, 5.74) is 2.30. The second kappa shape index (κ2) is 21.8. The smallest absolute Gasteiger partial charge is 0.232 e. The number of aliphatic hydroxyl groups excluding tert-OH is 6. The SMILES string of the molecule is CC(O)COc1ccccc1CN(CCO)c1nc(N(CCO)Cc2ccccc2OCCO)nc(N(Cc2ccccc2OCC(C)O)CC(C)O)n1. The molecule has 0 bridgehead atoms. The molecule has 15 nitrogen and oxygen atoms in total. The second-order valence-corrected chi connectivity index (χ2v) is 13.0. The van der Waals surface area contributed by atoms with Gasteiger partial charge in [-0.1, -0.05) is 54.6 Å². The van der Waals surface area contributed by atoms with Gasteiger partial charge in [-0.25, -0.2) is 0 Å². The molecule has 3 unspecified atom stereocenters. The predicted octanol–water partition coefficient (Wildman–Crippen LogP) is 2.15. The minimum atomic E-state index is -0.796. The Bertz CT molecular complexity index is 1700. The van der Waals surface area contributed by atoms with E-state index in [4.69, 9.17) is 29.2 Å². The minimum absolute atomic E-state index is 0.0889. The zero-order chi connectivity index (χ0) is 38.9. The average molecular weight is 751 g/mol. The molecule has 6 N–H and O–H groups in total. The number of aromatic nitrogens is 3. The third kappa shape index (κ3) is 13.0. The maximum atomic E-state index is 10.7. The van der Waals surface area contributed by atoms with E-state index < -0.39 is 18.3 Å². The lowest BCUT2D eigenvalue weighted by atomic mass is 10.2. The van der Waals surface area contributed by atoms with Gasteiger partial charge >= 0.3 is 0 Å². The molecule has 0 spiro atoms. The Morgan fingerprint density at radius 3 is 1.24 bits per heavy atom. The Morgan fingerprint density at radius 2 is 0.870 bits per heavy atom. The number of hydrogen-bond donors (Lipinski definition) is 6. The van der Waals surface area contributed by atoms with Crippen LogP contribution >= 0.6 is 0 Å². The van der Waals surface area contributed by atoms with Crippen LogP contribution in [0.25, 0.3) is 0 Å². The van der Waals surface area contributed by atoms with Gasteiger partial charge < -0.3 is 59.5 Å². The van der Waals surface area contributed by atoms with Gasteiger partial charge in [0, 0.05) is 56.0 Å². The highest BCUT2D eigenvalue weighted by Gasteiger charge is 2.24. The van der Waals surface area contributed by atoms with Gasteiger partial charge in [-0.05, 0) is 39.0 Å². The summed E-state index contributed by atoms with van der Waals surface area (Å²) in [6.45, 7) is 5.69. The Morgan fingerprint density at radius 1 is 0.500 bits per heavy atom. The number of hydrogen-bond acceptors (Lipinski definition) is 15. The van der Waals surface area contributed by atoms with Gasteiger partial charge in [0.15, 0.2) is 0 Å². The Labute approximate surface area is 316 Å². The van der Waals surface area contributed by atoms with Crippen molar-refractivity contribution in [3.05, 3.63) is 89.5 Å². The van der Waals surface area contributed by atoms with Gasteiger partial charge in [-0.15, -0.1) is 0 Å². The predicted molar refractivity (Wildman–Crippen MR) is 205 cm³/mol. The fourth-order valence-electron chi connectivity index (χ4n) is 5.56. The van der Waals surface area contributed by atoms with E-state index in [2.05, 4.69) is 0 Å². The van der Waals surface area contributed by atoms with Crippen LogP contribution in [0.1, 0.15) is 37.5 Å². The summed E-state index contributed by atoms with van der Waals surface area (Å²) in [5.74, 6) is 2.33. The van der Waals surface area contributed by atoms with E-state index in [9.17, 15) is 30.6 Å². The number of nitrogens with zero attached hydrogens (tertiary/aromatic N) is 6. The lowest BCUT2D eigenvalue weighted by molar-refractivity contribution is 0.122. The van der Waals surface area contributed by atoms with Gasteiger partial charge in [0.1, 0.15) is 37.1 Å². The lowest BCUT2D eigenvalue weighted by Gasteiger charge is -2.30. The van der Waals surface area contributed by atoms with Crippen molar-refractivity contribution >= 4 is 17.8 Å². The molecular weight excluding hydrogens is 696 g/mol. The van der Waals surface area contributed by atoms with E-state index in [1.165, 1.54) is 0 Å². The van der Waals surface area contributed by atoms with E-state index in [1.807, 2.05) is 60.7 Å². The van der Waals surface area contributed by atoms with E-state index in [1.54, 1.807) is 47.6 Å². The molecule has 0 fully saturated rings. The van der Waals surface area contributed by atoms with Crippen LogP contribution in [-0.4, -0.2) is 123 Å². The van der Waals surface area contributed by atoms with Crippen LogP contribution in [0.4, 0.5) is 17.8 Å². The zero-order valence-corrected chi connectivity index (χ0v) is 31.2. The van der Waals surface area contributed by atoms with Crippen molar-refractivity contribution in [2.45, 2.75) is 58.7 Å². The first-order valence-corrected chi connectivity index (χ1v) is 18.1. The minimum Gasteiger partial charge on any atom is -0.491 e. The molecule has 0 aliphatic carbocycles. The third-order valence-corrected chi connectivity index (χ3v) is 7.98. The van der Waals surface area contributed by atoms with Crippen molar-refractivity contribution in [3.8, 4) is 17.2 Å². The summed E-state index contributed by atoms with van der Waals surface area (Å²) in [4.78, 5) is 20.1. The summed E-state index contributed by atoms with van der Waals surface area (Å²) in [6.07, 6.45) is -2.16. The van der Waals surface area contributed by atoms with Crippen molar-refractivity contribution in [2.24, 2.45) is 0 Å². The summed E-state index contributed by atoms with van der Waals surface area (Å²) in [7, 11) is 0. The van der Waals surface area contributed by atoms with Crippen molar-refractivity contribution in [2.75, 3.05) is 74.0 Å². The molecule has 3 aromatic carbocycles. The molecule has 4 aromatic rings. The number of benzene rings is 3. The molecular formula is C39H54N6O9. The first-order chi connectivity index (χ1) is 26.1. The molecule has 0 aliphatic rings. The maximum Gasteiger partial charge on any atom is 0.232 e. The third-order valence-electron chi connectivity index (χ3n) is 7.98. The number of rotatable bonds is 24. The zero-order valence-electron chi connectivity index (χ0n) is 31.2. The van der Waals surface area contributed by atoms with Gasteiger partial charge in [0.2, 0.25) is 17.8 Å². The lowest BCUT2D eigenvalue weighted by Crippen LogP contribution is -2.36. The van der Waals surface area contributed by atoms with E-state index in [0.29, 0.717) is 17.2 Å². The highest BCUT2D eigenvalue weighted by molar-refractivity contribution is 5.50. The molecule has 0 saturated heterocycles. The molecule has 4 rings (SSSR count). The summed E-state index contributed by atoms with van der Waals surface area (Å²) >= 11 is 0. The topological polar surface area (TPSA) is 197 Å². The Hall–Kier alpha value is -4.77. The largest absolute Gasteiger partial charge is 0.491 e. The van der Waals surface area contributed by atoms with Gasteiger partial charge in [0.25, 0.3) is 0 Å². The number of aliphatic hydroxyl groups is 6. The monoisotopic (exact) mass is 750 g/mol. The second-order valence-electron chi connectivity index (χ2n) is 13.0. The first kappa shape index (κ1) is 42.0. The van der Waals surface area contributed by atoms with E-state index in [0.717, 1.165) is 16.7 Å². The van der Waals surface area contributed by atoms with Gasteiger partial charge in [-0.3, -0.25) is 0 Å². The molecule has 1 heterocycles. The van der Waals surface area contributed by atoms with Gasteiger partial charge in [0.05, 0.1) is 38.1 Å². The quantitative estimate of drug-likeness (QED) is 0.0609. The van der Waals surface area contributed by atoms with Crippen LogP contribution in [0.5, 0.6) is 17.2 Å². The number of para-hydroxylation sites is 3. The highest BCUT2D eigenvalue weighted by Crippen LogP contribution is 2.29. The van der Waals surface area contributed by atoms with Crippen LogP contribution in [0.15, 0.2) is 72.8 Å². The van der Waals surface area contributed by atoms with Crippen LogP contribution in [0.2, 0.25) is 0 Å². The summed E-state index contributed by atoms with van der Waals surface area (Å²) < 4.78 is 17.6. The molecule has 3 atom stereocenters. The fourth-order valence-corrected chi connectivity index (χ4v) is 5.56. The van der Waals surface area contributed by atoms with Gasteiger partial charge in [-0.2, -0.15) is 15.0 Å². The summed E-state index contributed by atoms with van der Waals surface area (Å²) in [5, 5.41) is 60.4. The first-order valence-electron chi connectivity index (χ1n) is 18.1. The number of ether oxygens (including phenoxy) is 3. The Kier molecular flexibility index (Phi) is 17.0. The molecule has 0 amide bonds. The fraction of sp³-hybridized carbons (Fsp3) is 0.462. The van der Waals surface area contributed by atoms with Crippen LogP contribution < -0.4 is 28.9 Å². The molecule has 0 radical (unpaired) electrons. The van der Waals surface area contributed by atoms with E-state index >= 15 is 0 Å². The average Bonchev–Trinajstić information content (AvgIpc) is 3.15. The molecule has 54 heavy (non-hydrogen) atoms. The Balaban J connectivity index is 1.85. The van der Waals surface area contributed by atoms with Crippen molar-refractivity contribution in [1.29, 1.82) is 0 Å². The van der Waals surface area contributed by atoms with Crippen LogP contribution in [-0.2, 0) is 19.6 Å². The molecule has 15 heteroatoms. The molecule has 0 aliphatic heterocycles. The maximum absolute atomic E-state index is 10.7. The van der Waals surface area contributed by atoms with E-state index in [-0.39, 0.29) is 96.8 Å². The highest BCUT2D eigenvalue weighted by atomic mass is 16.5. The normalized spacial score (nSPS) is 12.8. The number of anilines is 3. The summed E-state index contributed by atoms with van der Waals surface area (Å²) in [6, 6.07) is 22.2. The van der Waals surface area contributed by atoms with Crippen LogP contribution in [0.3, 0.4) is 0 Å². The van der Waals surface area contributed by atoms with Crippen molar-refractivity contribution in [1.82, 2.24) is 15.0 Å². The molecule has 1 aromatic heterocycles. The standard InChI is InChI=1S/C39H54N6O9/c1-28(49)22-45(25-33-12-6-9-15-36(33)54-27-30(3)51)39-41-37(43(16-18-46)23-31-10-4-7-13-34(31)52-21-20-48)40-38(42-39)44(17-19-47)24-32-11-5-8-14-35(32)53-26-29(2)50/h4-15,28-30,46-51H,16-27H2,1-3H3. The molecule has 0 saturated carbocycles. The van der Waals surface area contributed by atoms with Crippen LogP contribution in [0, 0.1) is 0 Å².